The molecule has 4 rings (SSSR count). The van der Waals surface area contributed by atoms with Gasteiger partial charge < -0.3 is 5.32 Å². The molecule has 0 saturated heterocycles. The minimum atomic E-state index is 0.403. The molecule has 1 N–H and O–H groups in total. The minimum Gasteiger partial charge on any atom is -0.313 e. The number of nitrogens with zero attached hydrogens (tertiary/aromatic N) is 2. The Labute approximate surface area is 157 Å². The predicted molar refractivity (Wildman–Crippen MR) is 105 cm³/mol. The first-order valence-electron chi connectivity index (χ1n) is 8.52. The summed E-state index contributed by atoms with van der Waals surface area (Å²) in [4.78, 5) is 5.36. The number of fused-ring (bicyclic) bond motifs is 1. The molecule has 2 aromatic heterocycles. The number of hydrogen-bond donors (Lipinski definition) is 1. The van der Waals surface area contributed by atoms with Crippen molar-refractivity contribution in [1.82, 2.24) is 14.3 Å². The highest BCUT2D eigenvalue weighted by atomic mass is 35.5. The Balaban J connectivity index is 1.88. The van der Waals surface area contributed by atoms with Crippen LogP contribution >= 0.6 is 23.5 Å². The van der Waals surface area contributed by atoms with Crippen molar-refractivity contribution in [3.8, 4) is 11.3 Å². The predicted octanol–water partition coefficient (Wildman–Crippen LogP) is 5.36. The number of aromatic nitrogens is 2. The van der Waals surface area contributed by atoms with Crippen molar-refractivity contribution in [1.29, 1.82) is 0 Å². The van der Waals surface area contributed by atoms with Crippen LogP contribution in [0.5, 0.6) is 0 Å². The summed E-state index contributed by atoms with van der Waals surface area (Å²) in [7, 11) is 2.04. The Kier molecular flexibility index (Phi) is 4.84. The monoisotopic (exact) mass is 369 g/mol. The second-order valence-electron chi connectivity index (χ2n) is 6.23. The Morgan fingerprint density at radius 2 is 2.12 bits per heavy atom. The van der Waals surface area contributed by atoms with Crippen LogP contribution in [0, 0.1) is 0 Å². The zero-order chi connectivity index (χ0) is 17.2. The van der Waals surface area contributed by atoms with Crippen molar-refractivity contribution in [3.63, 3.8) is 0 Å². The lowest BCUT2D eigenvalue weighted by atomic mass is 9.88. The molecule has 0 bridgehead atoms. The first-order valence-corrected chi connectivity index (χ1v) is 9.67. The van der Waals surface area contributed by atoms with E-state index in [4.69, 9.17) is 11.6 Å². The fraction of sp³-hybridized carbons (Fsp3) is 0.250. The van der Waals surface area contributed by atoms with Crippen LogP contribution in [0.2, 0.25) is 5.02 Å². The van der Waals surface area contributed by atoms with Gasteiger partial charge in [-0.2, -0.15) is 0 Å². The van der Waals surface area contributed by atoms with Crippen molar-refractivity contribution in [2.45, 2.75) is 30.2 Å². The molecular weight excluding hydrogens is 350 g/mol. The molecule has 1 aliphatic rings. The number of halogens is 1. The van der Waals surface area contributed by atoms with Crippen molar-refractivity contribution in [2.75, 3.05) is 7.05 Å². The van der Waals surface area contributed by atoms with E-state index in [2.05, 4.69) is 38.7 Å². The molecule has 1 unspecified atom stereocenters. The van der Waals surface area contributed by atoms with Gasteiger partial charge in [0.2, 0.25) is 0 Å². The van der Waals surface area contributed by atoms with E-state index < -0.39 is 0 Å². The van der Waals surface area contributed by atoms with Crippen LogP contribution in [-0.4, -0.2) is 16.0 Å². The summed E-state index contributed by atoms with van der Waals surface area (Å²) in [6, 6.07) is 12.6. The normalized spacial score (nSPS) is 16.6. The standard InChI is InChI=1S/C20H20ClN3S/c1-22-19-10-4-8-15-17(19)13-24(25-14-6-5-11-23-12-14)20(15)16-7-2-3-9-18(16)21/h2-3,5-7,9,11-13,19,22H,4,8,10H2,1H3. The van der Waals surface area contributed by atoms with Crippen LogP contribution < -0.4 is 5.32 Å². The molecule has 1 aromatic carbocycles. The highest BCUT2D eigenvalue weighted by molar-refractivity contribution is 7.98. The fourth-order valence-corrected chi connectivity index (χ4v) is 4.73. The number of hydrogen-bond acceptors (Lipinski definition) is 3. The molecule has 0 fully saturated rings. The zero-order valence-corrected chi connectivity index (χ0v) is 15.6. The quantitative estimate of drug-likeness (QED) is 0.671. The number of nitrogens with one attached hydrogen (secondary N) is 1. The lowest BCUT2D eigenvalue weighted by molar-refractivity contribution is 0.499. The van der Waals surface area contributed by atoms with Crippen molar-refractivity contribution in [2.24, 2.45) is 0 Å². The molecule has 3 aromatic rings. The second-order valence-corrected chi connectivity index (χ2v) is 7.69. The fourth-order valence-electron chi connectivity index (χ4n) is 3.56. The third kappa shape index (κ3) is 3.22. The van der Waals surface area contributed by atoms with Crippen LogP contribution in [0.4, 0.5) is 0 Å². The molecule has 25 heavy (non-hydrogen) atoms. The molecule has 128 valence electrons. The van der Waals surface area contributed by atoms with E-state index in [1.165, 1.54) is 29.7 Å². The lowest BCUT2D eigenvalue weighted by Gasteiger charge is -2.22. The average molecular weight is 370 g/mol. The maximum atomic E-state index is 6.55. The van der Waals surface area contributed by atoms with Gasteiger partial charge in [0.25, 0.3) is 0 Å². The Morgan fingerprint density at radius 1 is 1.24 bits per heavy atom. The Hall–Kier alpha value is -1.75. The minimum absolute atomic E-state index is 0.403. The number of benzene rings is 1. The Morgan fingerprint density at radius 3 is 2.88 bits per heavy atom. The highest BCUT2D eigenvalue weighted by Gasteiger charge is 2.27. The van der Waals surface area contributed by atoms with Gasteiger partial charge in [-0.1, -0.05) is 29.8 Å². The van der Waals surface area contributed by atoms with E-state index in [0.717, 1.165) is 21.9 Å². The molecule has 0 saturated carbocycles. The van der Waals surface area contributed by atoms with Gasteiger partial charge in [0, 0.05) is 40.1 Å². The largest absolute Gasteiger partial charge is 0.313 e. The van der Waals surface area contributed by atoms with Gasteiger partial charge >= 0.3 is 0 Å². The van der Waals surface area contributed by atoms with Crippen LogP contribution in [0.25, 0.3) is 11.3 Å². The smallest absolute Gasteiger partial charge is 0.0644 e. The lowest BCUT2D eigenvalue weighted by Crippen LogP contribution is -2.20. The van der Waals surface area contributed by atoms with Crippen LogP contribution in [-0.2, 0) is 6.42 Å². The van der Waals surface area contributed by atoms with Gasteiger partial charge in [0.15, 0.2) is 0 Å². The van der Waals surface area contributed by atoms with Crippen molar-refractivity contribution in [3.05, 3.63) is 71.1 Å². The maximum absolute atomic E-state index is 6.55. The van der Waals surface area contributed by atoms with Gasteiger partial charge in [0.1, 0.15) is 0 Å². The van der Waals surface area contributed by atoms with Crippen molar-refractivity contribution < 1.29 is 0 Å². The molecule has 0 spiro atoms. The first kappa shape index (κ1) is 16.7. The second kappa shape index (κ2) is 7.24. The molecule has 3 nitrogen and oxygen atoms in total. The number of pyridine rings is 1. The van der Waals surface area contributed by atoms with Crippen LogP contribution in [0.3, 0.4) is 0 Å². The third-order valence-electron chi connectivity index (χ3n) is 4.72. The highest BCUT2D eigenvalue weighted by Crippen LogP contribution is 2.42. The molecule has 2 heterocycles. The van der Waals surface area contributed by atoms with Gasteiger partial charge in [-0.15, -0.1) is 0 Å². The molecule has 0 amide bonds. The molecule has 5 heteroatoms. The van der Waals surface area contributed by atoms with E-state index in [1.807, 2.05) is 31.4 Å². The molecule has 0 radical (unpaired) electrons. The summed E-state index contributed by atoms with van der Waals surface area (Å²) in [5.74, 6) is 0. The van der Waals surface area contributed by atoms with Crippen LogP contribution in [0.1, 0.15) is 30.0 Å². The van der Waals surface area contributed by atoms with Gasteiger partial charge in [-0.3, -0.25) is 8.96 Å². The van der Waals surface area contributed by atoms with E-state index in [0.29, 0.717) is 6.04 Å². The Bertz CT molecular complexity index is 876. The topological polar surface area (TPSA) is 29.9 Å². The molecular formula is C20H20ClN3S. The summed E-state index contributed by atoms with van der Waals surface area (Å²) < 4.78 is 2.26. The summed E-state index contributed by atoms with van der Waals surface area (Å²) in [6.07, 6.45) is 9.43. The summed E-state index contributed by atoms with van der Waals surface area (Å²) in [5, 5.41) is 4.26. The SMILES string of the molecule is CNC1CCCc2c1cn(Sc1cccnc1)c2-c1ccccc1Cl. The number of rotatable bonds is 4. The van der Waals surface area contributed by atoms with Crippen molar-refractivity contribution >= 4 is 23.5 Å². The zero-order valence-electron chi connectivity index (χ0n) is 14.1. The van der Waals surface area contributed by atoms with Gasteiger partial charge in [0.05, 0.1) is 5.69 Å². The van der Waals surface area contributed by atoms with Gasteiger partial charge in [-0.05, 0) is 67.6 Å². The van der Waals surface area contributed by atoms with E-state index in [1.54, 1.807) is 18.1 Å². The third-order valence-corrected chi connectivity index (χ3v) is 5.99. The maximum Gasteiger partial charge on any atom is 0.0644 e. The summed E-state index contributed by atoms with van der Waals surface area (Å²) >= 11 is 8.24. The molecule has 1 aliphatic carbocycles. The molecule has 0 aliphatic heterocycles. The van der Waals surface area contributed by atoms with E-state index >= 15 is 0 Å². The average Bonchev–Trinajstić information content (AvgIpc) is 3.01. The summed E-state index contributed by atoms with van der Waals surface area (Å²) in [6.45, 7) is 0. The summed E-state index contributed by atoms with van der Waals surface area (Å²) in [5.41, 5.74) is 5.11. The molecule has 1 atom stereocenters. The van der Waals surface area contributed by atoms with E-state index in [9.17, 15) is 0 Å². The van der Waals surface area contributed by atoms with Gasteiger partial charge in [-0.25, -0.2) is 0 Å². The van der Waals surface area contributed by atoms with Crippen LogP contribution in [0.15, 0.2) is 59.9 Å². The first-order chi connectivity index (χ1) is 12.3. The van der Waals surface area contributed by atoms with E-state index in [-0.39, 0.29) is 0 Å².